The number of nitro groups is 1. The van der Waals surface area contributed by atoms with Gasteiger partial charge in [0.05, 0.1) is 4.92 Å². The van der Waals surface area contributed by atoms with Crippen LogP contribution in [0.1, 0.15) is 12.5 Å². The maximum Gasteiger partial charge on any atom is 0.310 e. The fourth-order valence-electron chi connectivity index (χ4n) is 1.37. The van der Waals surface area contributed by atoms with Gasteiger partial charge in [0.25, 0.3) is 0 Å². The highest BCUT2D eigenvalue weighted by Gasteiger charge is 2.14. The van der Waals surface area contributed by atoms with E-state index in [1.807, 2.05) is 20.0 Å². The molecule has 1 rings (SSSR count). The van der Waals surface area contributed by atoms with Gasteiger partial charge in [-0.2, -0.15) is 0 Å². The maximum atomic E-state index is 10.8. The molecule has 0 aliphatic rings. The molecule has 0 aromatic heterocycles. The third-order valence-corrected chi connectivity index (χ3v) is 2.17. The van der Waals surface area contributed by atoms with Crippen molar-refractivity contribution >= 4 is 5.69 Å². The molecule has 0 fully saturated rings. The van der Waals surface area contributed by atoms with Gasteiger partial charge in [-0.1, -0.05) is 18.2 Å². The maximum absolute atomic E-state index is 10.8. The van der Waals surface area contributed by atoms with Gasteiger partial charge < -0.3 is 10.1 Å². The Balaban J connectivity index is 2.93. The molecule has 5 heteroatoms. The van der Waals surface area contributed by atoms with E-state index in [9.17, 15) is 10.1 Å². The van der Waals surface area contributed by atoms with Crippen LogP contribution in [0.4, 0.5) is 5.69 Å². The lowest BCUT2D eigenvalue weighted by Gasteiger charge is -2.06. The van der Waals surface area contributed by atoms with E-state index in [2.05, 4.69) is 5.32 Å². The Hall–Kier alpha value is -1.88. The summed E-state index contributed by atoms with van der Waals surface area (Å²) < 4.78 is 5.37. The third kappa shape index (κ3) is 3.88. The number of allylic oxidation sites excluding steroid dienone is 1. The lowest BCUT2D eigenvalue weighted by molar-refractivity contribution is -0.385. The van der Waals surface area contributed by atoms with Crippen LogP contribution in [0.5, 0.6) is 5.75 Å². The van der Waals surface area contributed by atoms with Crippen LogP contribution >= 0.6 is 0 Å². The van der Waals surface area contributed by atoms with Gasteiger partial charge in [-0.15, -0.1) is 0 Å². The smallest absolute Gasteiger partial charge is 0.310 e. The van der Waals surface area contributed by atoms with E-state index in [0.29, 0.717) is 18.9 Å². The molecule has 0 saturated carbocycles. The zero-order valence-corrected chi connectivity index (χ0v) is 9.97. The van der Waals surface area contributed by atoms with Crippen molar-refractivity contribution in [2.24, 2.45) is 0 Å². The van der Waals surface area contributed by atoms with Crippen molar-refractivity contribution in [3.63, 3.8) is 0 Å². The molecule has 0 radical (unpaired) electrons. The molecule has 92 valence electrons. The summed E-state index contributed by atoms with van der Waals surface area (Å²) in [6, 6.07) is 4.88. The lowest BCUT2D eigenvalue weighted by Crippen LogP contribution is -2.06. The highest BCUT2D eigenvalue weighted by Crippen LogP contribution is 2.27. The minimum absolute atomic E-state index is 0.00523. The number of nitrogens with zero attached hydrogens (tertiary/aromatic N) is 1. The van der Waals surface area contributed by atoms with Crippen molar-refractivity contribution in [2.75, 3.05) is 13.7 Å². The summed E-state index contributed by atoms with van der Waals surface area (Å²) in [6.07, 6.45) is 3.64. The highest BCUT2D eigenvalue weighted by atomic mass is 16.6. The van der Waals surface area contributed by atoms with Crippen molar-refractivity contribution in [2.45, 2.75) is 13.5 Å². The van der Waals surface area contributed by atoms with Crippen molar-refractivity contribution in [1.82, 2.24) is 5.32 Å². The molecule has 0 amide bonds. The number of ether oxygens (including phenoxy) is 1. The first-order chi connectivity index (χ1) is 8.19. The first-order valence-corrected chi connectivity index (χ1v) is 5.35. The Morgan fingerprint density at radius 3 is 2.88 bits per heavy atom. The molecule has 1 aromatic rings. The molecule has 5 nitrogen and oxygen atoms in total. The molecular weight excluding hydrogens is 220 g/mol. The van der Waals surface area contributed by atoms with Gasteiger partial charge in [0.2, 0.25) is 0 Å². The summed E-state index contributed by atoms with van der Waals surface area (Å²) in [7, 11) is 1.82. The van der Waals surface area contributed by atoms with Gasteiger partial charge in [0.15, 0.2) is 5.75 Å². The average Bonchev–Trinajstić information content (AvgIpc) is 2.30. The van der Waals surface area contributed by atoms with E-state index < -0.39 is 4.92 Å². The van der Waals surface area contributed by atoms with Gasteiger partial charge in [-0.25, -0.2) is 0 Å². The van der Waals surface area contributed by atoms with Gasteiger partial charge in [0.1, 0.15) is 6.61 Å². The standard InChI is InChI=1S/C12H16N2O3/c1-3-4-7-17-12-8-10(9-13-2)5-6-11(12)14(15)16/h3-6,8,13H,7,9H2,1-2H3. The van der Waals surface area contributed by atoms with Crippen LogP contribution in [0.3, 0.4) is 0 Å². The molecule has 1 aromatic carbocycles. The van der Waals surface area contributed by atoms with E-state index >= 15 is 0 Å². The Morgan fingerprint density at radius 1 is 1.53 bits per heavy atom. The molecule has 0 spiro atoms. The number of rotatable bonds is 6. The van der Waals surface area contributed by atoms with Gasteiger partial charge >= 0.3 is 5.69 Å². The van der Waals surface area contributed by atoms with Crippen molar-refractivity contribution < 1.29 is 9.66 Å². The zero-order valence-electron chi connectivity index (χ0n) is 9.97. The Labute approximate surface area is 100 Å². The van der Waals surface area contributed by atoms with Crippen molar-refractivity contribution in [3.05, 3.63) is 46.0 Å². The first kappa shape index (κ1) is 13.2. The topological polar surface area (TPSA) is 64.4 Å². The van der Waals surface area contributed by atoms with Crippen molar-refractivity contribution in [3.8, 4) is 5.75 Å². The molecule has 0 heterocycles. The Kier molecular flexibility index (Phi) is 5.16. The van der Waals surface area contributed by atoms with Gasteiger partial charge in [-0.3, -0.25) is 10.1 Å². The number of hydrogen-bond acceptors (Lipinski definition) is 4. The van der Waals surface area contributed by atoms with E-state index in [0.717, 1.165) is 5.56 Å². The summed E-state index contributed by atoms with van der Waals surface area (Å²) >= 11 is 0. The fraction of sp³-hybridized carbons (Fsp3) is 0.333. The second-order valence-corrected chi connectivity index (χ2v) is 3.47. The van der Waals surface area contributed by atoms with Gasteiger partial charge in [-0.05, 0) is 25.6 Å². The Bertz CT molecular complexity index is 416. The summed E-state index contributed by atoms with van der Waals surface area (Å²) in [6.45, 7) is 2.85. The first-order valence-electron chi connectivity index (χ1n) is 5.35. The second kappa shape index (κ2) is 6.65. The van der Waals surface area contributed by atoms with Gasteiger partial charge in [0, 0.05) is 12.6 Å². The normalized spacial score (nSPS) is 10.7. The van der Waals surface area contributed by atoms with Crippen molar-refractivity contribution in [1.29, 1.82) is 0 Å². The molecule has 0 aliphatic heterocycles. The summed E-state index contributed by atoms with van der Waals surface area (Å²) in [4.78, 5) is 10.4. The van der Waals surface area contributed by atoms with E-state index in [1.165, 1.54) is 6.07 Å². The number of benzene rings is 1. The SMILES string of the molecule is CC=CCOc1cc(CNC)ccc1[N+](=O)[O-]. The quantitative estimate of drug-likeness (QED) is 0.467. The predicted octanol–water partition coefficient (Wildman–Crippen LogP) is 2.27. The number of nitrogens with one attached hydrogen (secondary N) is 1. The minimum Gasteiger partial charge on any atom is -0.483 e. The molecule has 0 atom stereocenters. The van der Waals surface area contributed by atoms with E-state index in [1.54, 1.807) is 18.2 Å². The molecule has 0 bridgehead atoms. The number of nitro benzene ring substituents is 1. The second-order valence-electron chi connectivity index (χ2n) is 3.47. The third-order valence-electron chi connectivity index (χ3n) is 2.17. The van der Waals surface area contributed by atoms with Crippen LogP contribution in [0.2, 0.25) is 0 Å². The minimum atomic E-state index is -0.436. The van der Waals surface area contributed by atoms with Crippen LogP contribution in [0, 0.1) is 10.1 Å². The van der Waals surface area contributed by atoms with E-state index in [4.69, 9.17) is 4.74 Å². The molecule has 1 N–H and O–H groups in total. The monoisotopic (exact) mass is 236 g/mol. The summed E-state index contributed by atoms with van der Waals surface area (Å²) in [5, 5.41) is 13.8. The van der Waals surface area contributed by atoms with Crippen LogP contribution in [-0.2, 0) is 6.54 Å². The van der Waals surface area contributed by atoms with Crippen LogP contribution < -0.4 is 10.1 Å². The summed E-state index contributed by atoms with van der Waals surface area (Å²) in [5.74, 6) is 0.306. The zero-order chi connectivity index (χ0) is 12.7. The lowest BCUT2D eigenvalue weighted by atomic mass is 10.2. The average molecular weight is 236 g/mol. The largest absolute Gasteiger partial charge is 0.483 e. The van der Waals surface area contributed by atoms with E-state index in [-0.39, 0.29) is 5.69 Å². The molecule has 0 saturated heterocycles. The molecular formula is C12H16N2O3. The number of hydrogen-bond donors (Lipinski definition) is 1. The Morgan fingerprint density at radius 2 is 2.29 bits per heavy atom. The molecule has 17 heavy (non-hydrogen) atoms. The summed E-state index contributed by atoms with van der Waals surface area (Å²) in [5.41, 5.74) is 0.947. The fourth-order valence-corrected chi connectivity index (χ4v) is 1.37. The van der Waals surface area contributed by atoms with Crippen LogP contribution in [0.15, 0.2) is 30.4 Å². The van der Waals surface area contributed by atoms with Crippen LogP contribution in [0.25, 0.3) is 0 Å². The molecule has 0 aliphatic carbocycles. The predicted molar refractivity (Wildman–Crippen MR) is 66.2 cm³/mol. The van der Waals surface area contributed by atoms with Crippen LogP contribution in [-0.4, -0.2) is 18.6 Å². The highest BCUT2D eigenvalue weighted by molar-refractivity contribution is 5.48. The molecule has 0 unspecified atom stereocenters.